The van der Waals surface area contributed by atoms with Gasteiger partial charge in [-0.1, -0.05) is 35.9 Å². The lowest BCUT2D eigenvalue weighted by Gasteiger charge is -2.01. The lowest BCUT2D eigenvalue weighted by atomic mass is 10.1. The number of pyridine rings is 1. The van der Waals surface area contributed by atoms with E-state index in [0.29, 0.717) is 11.5 Å². The van der Waals surface area contributed by atoms with Crippen LogP contribution in [-0.4, -0.2) is 9.38 Å². The van der Waals surface area contributed by atoms with Crippen LogP contribution in [0.1, 0.15) is 11.1 Å². The zero-order valence-corrected chi connectivity index (χ0v) is 14.5. The predicted octanol–water partition coefficient (Wildman–Crippen LogP) is 6.17. The zero-order chi connectivity index (χ0) is 18.1. The summed E-state index contributed by atoms with van der Waals surface area (Å²) >= 11 is 0. The van der Waals surface area contributed by atoms with E-state index in [1.807, 2.05) is 60.8 Å². The van der Waals surface area contributed by atoms with Gasteiger partial charge in [-0.25, -0.2) is 9.37 Å². The lowest BCUT2D eigenvalue weighted by Crippen LogP contribution is -1.85. The molecular formula is C21H17FN4. The highest BCUT2D eigenvalue weighted by Gasteiger charge is 2.15. The van der Waals surface area contributed by atoms with Gasteiger partial charge in [0, 0.05) is 11.8 Å². The molecule has 0 bridgehead atoms. The maximum atomic E-state index is 13.1. The summed E-state index contributed by atoms with van der Waals surface area (Å²) in [6.45, 7) is 4.06. The minimum atomic E-state index is -0.297. The van der Waals surface area contributed by atoms with E-state index in [2.05, 4.69) is 10.2 Å². The van der Waals surface area contributed by atoms with E-state index in [0.717, 1.165) is 22.5 Å². The fourth-order valence-corrected chi connectivity index (χ4v) is 2.80. The van der Waals surface area contributed by atoms with E-state index in [1.54, 1.807) is 12.1 Å². The van der Waals surface area contributed by atoms with Crippen LogP contribution in [0.5, 0.6) is 0 Å². The van der Waals surface area contributed by atoms with Crippen LogP contribution in [-0.2, 0) is 0 Å². The van der Waals surface area contributed by atoms with Crippen molar-refractivity contribution in [2.24, 2.45) is 10.2 Å². The van der Waals surface area contributed by atoms with Gasteiger partial charge in [-0.05, 0) is 49.7 Å². The van der Waals surface area contributed by atoms with Gasteiger partial charge >= 0.3 is 0 Å². The number of hydrogen-bond acceptors (Lipinski definition) is 3. The highest BCUT2D eigenvalue weighted by molar-refractivity contribution is 5.75. The van der Waals surface area contributed by atoms with Crippen LogP contribution in [0, 0.1) is 19.7 Å². The molecule has 0 unspecified atom stereocenters. The molecule has 2 aromatic heterocycles. The molecule has 0 spiro atoms. The molecule has 5 heteroatoms. The second-order valence-corrected chi connectivity index (χ2v) is 6.21. The number of benzene rings is 2. The van der Waals surface area contributed by atoms with Crippen molar-refractivity contribution < 1.29 is 4.39 Å². The zero-order valence-electron chi connectivity index (χ0n) is 14.5. The summed E-state index contributed by atoms with van der Waals surface area (Å²) in [6, 6.07) is 18.1. The molecule has 0 aliphatic heterocycles. The summed E-state index contributed by atoms with van der Waals surface area (Å²) in [4.78, 5) is 4.79. The van der Waals surface area contributed by atoms with E-state index >= 15 is 0 Å². The molecule has 4 rings (SSSR count). The first-order valence-electron chi connectivity index (χ1n) is 8.34. The normalized spacial score (nSPS) is 11.5. The van der Waals surface area contributed by atoms with Crippen molar-refractivity contribution in [1.82, 2.24) is 9.38 Å². The van der Waals surface area contributed by atoms with Crippen LogP contribution in [0.2, 0.25) is 0 Å². The minimum Gasteiger partial charge on any atom is -0.282 e. The molecule has 0 aliphatic carbocycles. The smallest absolute Gasteiger partial charge is 0.187 e. The highest BCUT2D eigenvalue weighted by Crippen LogP contribution is 2.33. The van der Waals surface area contributed by atoms with Crippen molar-refractivity contribution in [3.8, 4) is 11.3 Å². The summed E-state index contributed by atoms with van der Waals surface area (Å²) in [5.74, 6) is 0.353. The number of azo groups is 1. The Morgan fingerprint density at radius 1 is 0.885 bits per heavy atom. The fraction of sp³-hybridized carbons (Fsp3) is 0.0952. The van der Waals surface area contributed by atoms with Crippen LogP contribution in [0.3, 0.4) is 0 Å². The molecule has 4 nitrogen and oxygen atoms in total. The number of aryl methyl sites for hydroxylation is 2. The summed E-state index contributed by atoms with van der Waals surface area (Å²) in [5, 5.41) is 8.71. The van der Waals surface area contributed by atoms with E-state index in [1.165, 1.54) is 17.7 Å². The monoisotopic (exact) mass is 344 g/mol. The third-order valence-corrected chi connectivity index (χ3v) is 4.23. The maximum absolute atomic E-state index is 13.1. The van der Waals surface area contributed by atoms with Crippen molar-refractivity contribution in [3.63, 3.8) is 0 Å². The van der Waals surface area contributed by atoms with Gasteiger partial charge < -0.3 is 0 Å². The third-order valence-electron chi connectivity index (χ3n) is 4.23. The molecule has 0 aliphatic rings. The van der Waals surface area contributed by atoms with Gasteiger partial charge in [-0.3, -0.25) is 4.40 Å². The van der Waals surface area contributed by atoms with Crippen LogP contribution >= 0.6 is 0 Å². The van der Waals surface area contributed by atoms with Crippen molar-refractivity contribution in [2.75, 3.05) is 0 Å². The number of fused-ring (bicyclic) bond motifs is 1. The number of hydrogen-bond donors (Lipinski definition) is 0. The second-order valence-electron chi connectivity index (χ2n) is 6.21. The van der Waals surface area contributed by atoms with Gasteiger partial charge in [0.05, 0.1) is 5.69 Å². The van der Waals surface area contributed by atoms with E-state index in [-0.39, 0.29) is 5.82 Å². The standard InChI is InChI=1S/C21H17FN4/c1-14-5-7-16(8-6-14)19-21(25-24-18-11-9-17(22)10-12-18)26-13-3-4-15(2)20(26)23-19/h3-13H,1-2H3. The SMILES string of the molecule is Cc1ccc(-c2nc3c(C)cccn3c2N=Nc2ccc(F)cc2)cc1. The first kappa shape index (κ1) is 16.1. The lowest BCUT2D eigenvalue weighted by molar-refractivity contribution is 0.628. The summed E-state index contributed by atoms with van der Waals surface area (Å²) in [5.41, 5.74) is 5.42. The molecule has 0 radical (unpaired) electrons. The number of nitrogens with zero attached hydrogens (tertiary/aromatic N) is 4. The molecule has 26 heavy (non-hydrogen) atoms. The Bertz CT molecular complexity index is 1090. The molecule has 0 saturated heterocycles. The number of imidazole rings is 1. The molecule has 0 saturated carbocycles. The fourth-order valence-electron chi connectivity index (χ4n) is 2.80. The Hall–Kier alpha value is -3.34. The van der Waals surface area contributed by atoms with Crippen LogP contribution in [0.4, 0.5) is 15.9 Å². The van der Waals surface area contributed by atoms with Gasteiger partial charge in [-0.15, -0.1) is 10.2 Å². The van der Waals surface area contributed by atoms with Gasteiger partial charge in [0.15, 0.2) is 5.82 Å². The second kappa shape index (κ2) is 6.52. The quantitative estimate of drug-likeness (QED) is 0.410. The predicted molar refractivity (Wildman–Crippen MR) is 101 cm³/mol. The number of halogens is 1. The number of aromatic nitrogens is 2. The van der Waals surface area contributed by atoms with Gasteiger partial charge in [0.1, 0.15) is 17.2 Å². The molecule has 0 N–H and O–H groups in total. The molecule has 0 fully saturated rings. The van der Waals surface area contributed by atoms with E-state index in [4.69, 9.17) is 4.98 Å². The Labute approximate surface area is 150 Å². The van der Waals surface area contributed by atoms with Crippen molar-refractivity contribution >= 4 is 17.2 Å². The Balaban J connectivity index is 1.88. The maximum Gasteiger partial charge on any atom is 0.187 e. The first-order valence-corrected chi connectivity index (χ1v) is 8.34. The molecule has 0 amide bonds. The Morgan fingerprint density at radius 3 is 2.35 bits per heavy atom. The van der Waals surface area contributed by atoms with E-state index in [9.17, 15) is 4.39 Å². The van der Waals surface area contributed by atoms with Gasteiger partial charge in [-0.2, -0.15) is 0 Å². The minimum absolute atomic E-state index is 0.297. The average Bonchev–Trinajstić information content (AvgIpc) is 3.02. The van der Waals surface area contributed by atoms with Crippen molar-refractivity contribution in [1.29, 1.82) is 0 Å². The average molecular weight is 344 g/mol. The first-order chi connectivity index (χ1) is 12.6. The largest absolute Gasteiger partial charge is 0.282 e. The highest BCUT2D eigenvalue weighted by atomic mass is 19.1. The topological polar surface area (TPSA) is 42.0 Å². The molecule has 2 heterocycles. The molecule has 4 aromatic rings. The molecule has 0 atom stereocenters. The third kappa shape index (κ3) is 2.99. The van der Waals surface area contributed by atoms with Gasteiger partial charge in [0.25, 0.3) is 0 Å². The van der Waals surface area contributed by atoms with Crippen molar-refractivity contribution in [3.05, 3.63) is 83.8 Å². The molecule has 128 valence electrons. The molecular weight excluding hydrogens is 327 g/mol. The molecule has 2 aromatic carbocycles. The summed E-state index contributed by atoms with van der Waals surface area (Å²) in [7, 11) is 0. The number of rotatable bonds is 3. The Kier molecular flexibility index (Phi) is 4.05. The summed E-state index contributed by atoms with van der Waals surface area (Å²) < 4.78 is 15.0. The van der Waals surface area contributed by atoms with Crippen LogP contribution in [0.15, 0.2) is 77.1 Å². The van der Waals surface area contributed by atoms with Crippen molar-refractivity contribution in [2.45, 2.75) is 13.8 Å². The van der Waals surface area contributed by atoms with Crippen LogP contribution in [0.25, 0.3) is 16.9 Å². The van der Waals surface area contributed by atoms with Crippen LogP contribution < -0.4 is 0 Å². The Morgan fingerprint density at radius 2 is 1.62 bits per heavy atom. The van der Waals surface area contributed by atoms with Gasteiger partial charge in [0.2, 0.25) is 0 Å². The summed E-state index contributed by atoms with van der Waals surface area (Å²) in [6.07, 6.45) is 1.92. The van der Waals surface area contributed by atoms with E-state index < -0.39 is 0 Å².